The van der Waals surface area contributed by atoms with Crippen LogP contribution in [0.2, 0.25) is 0 Å². The molecular weight excluding hydrogens is 384 g/mol. The lowest BCUT2D eigenvalue weighted by Crippen LogP contribution is -2.62. The van der Waals surface area contributed by atoms with E-state index in [1.165, 1.54) is 12.7 Å². The van der Waals surface area contributed by atoms with Gasteiger partial charge in [0.1, 0.15) is 12.4 Å². The first-order valence-electron chi connectivity index (χ1n) is 11.4. The first-order chi connectivity index (χ1) is 14.1. The third kappa shape index (κ3) is 2.83. The summed E-state index contributed by atoms with van der Waals surface area (Å²) in [6.45, 7) is 6.40. The quantitative estimate of drug-likeness (QED) is 0.664. The predicted molar refractivity (Wildman–Crippen MR) is 110 cm³/mol. The number of ketones is 2. The summed E-state index contributed by atoms with van der Waals surface area (Å²) in [4.78, 5) is 25.2. The number of hydrogen-bond acceptors (Lipinski definition) is 6. The van der Waals surface area contributed by atoms with E-state index in [-0.39, 0.29) is 29.8 Å². The van der Waals surface area contributed by atoms with E-state index in [0.29, 0.717) is 18.3 Å². The SMILES string of the molecule is COCO[C@]1(C(=O)C(O)O)C(C)C[C@H]2[C@@H]3CCC4=CC(=O)CC[C@]4(C)[C@H]3CC[C@@]21C. The van der Waals surface area contributed by atoms with Crippen LogP contribution in [0.25, 0.3) is 0 Å². The number of ether oxygens (including phenoxy) is 2. The fourth-order valence-corrected chi connectivity index (χ4v) is 8.13. The second-order valence-corrected chi connectivity index (χ2v) is 10.6. The average Bonchev–Trinajstić information content (AvgIpc) is 2.93. The molecule has 4 rings (SSSR count). The molecule has 0 aromatic carbocycles. The number of Topliss-reactive ketones (excluding diaryl/α,β-unsaturated/α-hetero) is 1. The lowest BCUT2D eigenvalue weighted by atomic mass is 9.46. The Kier molecular flexibility index (Phi) is 5.54. The molecule has 0 aliphatic heterocycles. The van der Waals surface area contributed by atoms with Crippen LogP contribution in [0.5, 0.6) is 0 Å². The van der Waals surface area contributed by atoms with E-state index < -0.39 is 23.1 Å². The Labute approximate surface area is 179 Å². The highest BCUT2D eigenvalue weighted by atomic mass is 16.7. The van der Waals surface area contributed by atoms with Crippen LogP contribution in [0.15, 0.2) is 11.6 Å². The Balaban J connectivity index is 1.73. The Morgan fingerprint density at radius 2 is 1.93 bits per heavy atom. The molecule has 0 aromatic rings. The zero-order valence-corrected chi connectivity index (χ0v) is 18.6. The summed E-state index contributed by atoms with van der Waals surface area (Å²) in [7, 11) is 1.52. The summed E-state index contributed by atoms with van der Waals surface area (Å²) in [5, 5.41) is 19.7. The number of allylic oxidation sites excluding steroid dienone is 1. The van der Waals surface area contributed by atoms with Crippen molar-refractivity contribution < 1.29 is 29.3 Å². The molecule has 2 N–H and O–H groups in total. The van der Waals surface area contributed by atoms with E-state index >= 15 is 0 Å². The number of rotatable bonds is 5. The van der Waals surface area contributed by atoms with Crippen LogP contribution in [-0.4, -0.2) is 47.6 Å². The minimum absolute atomic E-state index is 0.0497. The lowest BCUT2D eigenvalue weighted by Gasteiger charge is -2.59. The molecule has 3 saturated carbocycles. The van der Waals surface area contributed by atoms with E-state index in [9.17, 15) is 19.8 Å². The van der Waals surface area contributed by atoms with Gasteiger partial charge in [-0.15, -0.1) is 0 Å². The van der Waals surface area contributed by atoms with Gasteiger partial charge in [-0.25, -0.2) is 0 Å². The van der Waals surface area contributed by atoms with E-state index in [0.717, 1.165) is 38.5 Å². The fraction of sp³-hybridized carbons (Fsp3) is 0.833. The zero-order chi connectivity index (χ0) is 21.9. The topological polar surface area (TPSA) is 93.1 Å². The van der Waals surface area contributed by atoms with Crippen LogP contribution in [0.4, 0.5) is 0 Å². The van der Waals surface area contributed by atoms with E-state index in [1.807, 2.05) is 13.0 Å². The van der Waals surface area contributed by atoms with Gasteiger partial charge in [0.15, 0.2) is 5.78 Å². The van der Waals surface area contributed by atoms with Crippen LogP contribution >= 0.6 is 0 Å². The number of aliphatic hydroxyl groups excluding tert-OH is 1. The Morgan fingerprint density at radius 3 is 2.60 bits per heavy atom. The molecule has 168 valence electrons. The van der Waals surface area contributed by atoms with Gasteiger partial charge < -0.3 is 19.7 Å². The molecule has 6 heteroatoms. The number of fused-ring (bicyclic) bond motifs is 5. The maximum atomic E-state index is 13.2. The molecule has 6 nitrogen and oxygen atoms in total. The lowest BCUT2D eigenvalue weighted by molar-refractivity contribution is -0.224. The van der Waals surface area contributed by atoms with E-state index in [4.69, 9.17) is 9.47 Å². The van der Waals surface area contributed by atoms with Gasteiger partial charge in [0.25, 0.3) is 0 Å². The molecule has 0 saturated heterocycles. The minimum atomic E-state index is -2.06. The zero-order valence-electron chi connectivity index (χ0n) is 18.6. The van der Waals surface area contributed by atoms with Crippen LogP contribution in [-0.2, 0) is 19.1 Å². The molecule has 0 radical (unpaired) electrons. The van der Waals surface area contributed by atoms with Crippen LogP contribution < -0.4 is 0 Å². The predicted octanol–water partition coefficient (Wildman–Crippen LogP) is 3.00. The van der Waals surface area contributed by atoms with Crippen molar-refractivity contribution in [1.29, 1.82) is 0 Å². The van der Waals surface area contributed by atoms with Gasteiger partial charge in [-0.1, -0.05) is 26.3 Å². The van der Waals surface area contributed by atoms with E-state index in [2.05, 4.69) is 13.8 Å². The maximum absolute atomic E-state index is 13.2. The molecule has 0 aromatic heterocycles. The Morgan fingerprint density at radius 1 is 1.20 bits per heavy atom. The van der Waals surface area contributed by atoms with Gasteiger partial charge in [-0.05, 0) is 73.7 Å². The number of aliphatic hydroxyl groups is 2. The minimum Gasteiger partial charge on any atom is -0.362 e. The third-order valence-corrected chi connectivity index (χ3v) is 9.51. The van der Waals surface area contributed by atoms with Crippen molar-refractivity contribution in [2.75, 3.05) is 13.9 Å². The van der Waals surface area contributed by atoms with Crippen LogP contribution in [0.1, 0.15) is 65.7 Å². The monoisotopic (exact) mass is 420 g/mol. The highest BCUT2D eigenvalue weighted by molar-refractivity contribution is 5.92. The Hall–Kier alpha value is -1.08. The van der Waals surface area contributed by atoms with Crippen molar-refractivity contribution in [3.63, 3.8) is 0 Å². The summed E-state index contributed by atoms with van der Waals surface area (Å²) < 4.78 is 11.3. The van der Waals surface area contributed by atoms with Crippen molar-refractivity contribution in [2.45, 2.75) is 77.6 Å². The van der Waals surface area contributed by atoms with Crippen molar-refractivity contribution in [3.05, 3.63) is 11.6 Å². The summed E-state index contributed by atoms with van der Waals surface area (Å²) in [6.07, 6.45) is 5.92. The van der Waals surface area contributed by atoms with Gasteiger partial charge in [0, 0.05) is 18.9 Å². The van der Waals surface area contributed by atoms with Gasteiger partial charge in [0.05, 0.1) is 0 Å². The molecule has 3 fully saturated rings. The van der Waals surface area contributed by atoms with Crippen molar-refractivity contribution in [1.82, 2.24) is 0 Å². The van der Waals surface area contributed by atoms with Gasteiger partial charge in [-0.2, -0.15) is 0 Å². The molecule has 7 atom stereocenters. The van der Waals surface area contributed by atoms with Crippen molar-refractivity contribution in [2.24, 2.45) is 34.5 Å². The van der Waals surface area contributed by atoms with Gasteiger partial charge in [-0.3, -0.25) is 9.59 Å². The summed E-state index contributed by atoms with van der Waals surface area (Å²) in [5.74, 6) is 0.684. The van der Waals surface area contributed by atoms with Crippen molar-refractivity contribution >= 4 is 11.6 Å². The molecule has 4 aliphatic rings. The standard InChI is InChI=1S/C24H36O6/c1-14-11-19-17-6-5-15-12-16(25)7-9-22(15,2)18(17)8-10-23(19,3)24(14,30-13-29-4)20(26)21(27)28/h12,14,17-19,21,27-28H,5-11,13H2,1-4H3/t14?,17-,18+,19+,22+,23+,24+/m1/s1. The van der Waals surface area contributed by atoms with Crippen molar-refractivity contribution in [3.8, 4) is 0 Å². The van der Waals surface area contributed by atoms with E-state index in [1.54, 1.807) is 0 Å². The highest BCUT2D eigenvalue weighted by Gasteiger charge is 2.70. The Bertz CT molecular complexity index is 759. The number of carbonyl (C=O) groups excluding carboxylic acids is 2. The summed E-state index contributed by atoms with van der Waals surface area (Å²) in [6, 6.07) is 0. The second kappa shape index (κ2) is 7.51. The van der Waals surface area contributed by atoms with Gasteiger partial charge >= 0.3 is 0 Å². The number of carbonyl (C=O) groups is 2. The molecule has 4 aliphatic carbocycles. The molecule has 0 bridgehead atoms. The number of methoxy groups -OCH3 is 1. The first kappa shape index (κ1) is 22.1. The highest BCUT2D eigenvalue weighted by Crippen LogP contribution is 2.69. The molecule has 1 unspecified atom stereocenters. The normalized spacial score (nSPS) is 45.6. The fourth-order valence-electron chi connectivity index (χ4n) is 8.13. The second-order valence-electron chi connectivity index (χ2n) is 10.6. The molecule has 0 amide bonds. The van der Waals surface area contributed by atoms with Crippen LogP contribution in [0, 0.1) is 34.5 Å². The molecule has 0 heterocycles. The summed E-state index contributed by atoms with van der Waals surface area (Å²) in [5.41, 5.74) is -0.361. The number of hydrogen-bond donors (Lipinski definition) is 2. The molecular formula is C24H36O6. The van der Waals surface area contributed by atoms with Crippen LogP contribution in [0.3, 0.4) is 0 Å². The average molecular weight is 421 g/mol. The third-order valence-electron chi connectivity index (χ3n) is 9.51. The first-order valence-corrected chi connectivity index (χ1v) is 11.4. The molecule has 30 heavy (non-hydrogen) atoms. The van der Waals surface area contributed by atoms with Gasteiger partial charge in [0.2, 0.25) is 12.1 Å². The molecule has 0 spiro atoms. The smallest absolute Gasteiger partial charge is 0.220 e. The summed E-state index contributed by atoms with van der Waals surface area (Å²) >= 11 is 0. The maximum Gasteiger partial charge on any atom is 0.220 e. The largest absolute Gasteiger partial charge is 0.362 e.